The van der Waals surface area contributed by atoms with Crippen molar-refractivity contribution >= 4 is 22.5 Å². The van der Waals surface area contributed by atoms with Crippen molar-refractivity contribution in [1.29, 1.82) is 0 Å². The monoisotopic (exact) mass is 262 g/mol. The molecule has 0 unspecified atom stereocenters. The molecule has 0 spiro atoms. The summed E-state index contributed by atoms with van der Waals surface area (Å²) in [6.45, 7) is 4.52. The summed E-state index contributed by atoms with van der Waals surface area (Å²) >= 11 is 6.30. The van der Waals surface area contributed by atoms with Gasteiger partial charge in [0.1, 0.15) is 0 Å². The third-order valence-corrected chi connectivity index (χ3v) is 3.55. The predicted molar refractivity (Wildman–Crippen MR) is 72.8 cm³/mol. The number of halogens is 1. The molecule has 0 saturated carbocycles. The Morgan fingerprint density at radius 3 is 2.94 bits per heavy atom. The van der Waals surface area contributed by atoms with Crippen LogP contribution < -0.4 is 0 Å². The van der Waals surface area contributed by atoms with Gasteiger partial charge in [-0.2, -0.15) is 0 Å². The van der Waals surface area contributed by atoms with Crippen LogP contribution >= 0.6 is 11.6 Å². The number of fused-ring (bicyclic) bond motifs is 1. The number of aromatic nitrogens is 1. The first-order valence-corrected chi connectivity index (χ1v) is 6.54. The molecule has 0 bridgehead atoms. The summed E-state index contributed by atoms with van der Waals surface area (Å²) in [7, 11) is 0. The average molecular weight is 263 g/mol. The van der Waals surface area contributed by atoms with E-state index in [0.29, 0.717) is 0 Å². The maximum Gasteiger partial charge on any atom is 0.0720 e. The molecule has 0 N–H and O–H groups in total. The lowest BCUT2D eigenvalue weighted by Crippen LogP contribution is -2.35. The summed E-state index contributed by atoms with van der Waals surface area (Å²) in [5, 5.41) is 1.80. The van der Waals surface area contributed by atoms with Crippen LogP contribution in [0.1, 0.15) is 5.56 Å². The third-order valence-electron chi connectivity index (χ3n) is 3.24. The Bertz CT molecular complexity index is 552. The fourth-order valence-electron chi connectivity index (χ4n) is 2.30. The molecule has 2 aromatic rings. The van der Waals surface area contributed by atoms with E-state index < -0.39 is 0 Å². The topological polar surface area (TPSA) is 25.4 Å². The number of hydrogen-bond acceptors (Lipinski definition) is 3. The first kappa shape index (κ1) is 11.9. The SMILES string of the molecule is Clc1cc(CN2CCOCC2)cc2ncccc12. The van der Waals surface area contributed by atoms with Gasteiger partial charge in [0.25, 0.3) is 0 Å². The smallest absolute Gasteiger partial charge is 0.0720 e. The van der Waals surface area contributed by atoms with Crippen molar-refractivity contribution in [2.45, 2.75) is 6.54 Å². The van der Waals surface area contributed by atoms with Crippen LogP contribution in [-0.4, -0.2) is 36.2 Å². The van der Waals surface area contributed by atoms with Gasteiger partial charge in [-0.3, -0.25) is 9.88 Å². The molecular formula is C14H15ClN2O. The Kier molecular flexibility index (Phi) is 3.46. The molecular weight excluding hydrogens is 248 g/mol. The molecule has 0 amide bonds. The van der Waals surface area contributed by atoms with Gasteiger partial charge in [0.2, 0.25) is 0 Å². The van der Waals surface area contributed by atoms with Crippen LogP contribution in [0.25, 0.3) is 10.9 Å². The molecule has 1 saturated heterocycles. The van der Waals surface area contributed by atoms with Gasteiger partial charge < -0.3 is 4.74 Å². The highest BCUT2D eigenvalue weighted by molar-refractivity contribution is 6.35. The highest BCUT2D eigenvalue weighted by Crippen LogP contribution is 2.24. The van der Waals surface area contributed by atoms with Crippen molar-refractivity contribution in [3.05, 3.63) is 41.0 Å². The van der Waals surface area contributed by atoms with E-state index >= 15 is 0 Å². The van der Waals surface area contributed by atoms with Crippen LogP contribution in [0.2, 0.25) is 5.02 Å². The van der Waals surface area contributed by atoms with Crippen molar-refractivity contribution in [3.8, 4) is 0 Å². The molecule has 1 aromatic carbocycles. The second-order valence-electron chi connectivity index (χ2n) is 4.54. The first-order chi connectivity index (χ1) is 8.83. The van der Waals surface area contributed by atoms with Crippen LogP contribution in [0.3, 0.4) is 0 Å². The molecule has 4 heteroatoms. The Morgan fingerprint density at radius 1 is 1.28 bits per heavy atom. The lowest BCUT2D eigenvalue weighted by atomic mass is 10.1. The zero-order valence-electron chi connectivity index (χ0n) is 10.1. The van der Waals surface area contributed by atoms with Gasteiger partial charge in [0.05, 0.1) is 23.8 Å². The molecule has 0 atom stereocenters. The normalized spacial score (nSPS) is 17.2. The molecule has 0 radical (unpaired) electrons. The van der Waals surface area contributed by atoms with E-state index in [-0.39, 0.29) is 0 Å². The van der Waals surface area contributed by atoms with Gasteiger partial charge in [0, 0.05) is 31.2 Å². The molecule has 18 heavy (non-hydrogen) atoms. The van der Waals surface area contributed by atoms with E-state index in [9.17, 15) is 0 Å². The highest BCUT2D eigenvalue weighted by atomic mass is 35.5. The van der Waals surface area contributed by atoms with E-state index in [1.807, 2.05) is 18.2 Å². The molecule has 1 aliphatic rings. The van der Waals surface area contributed by atoms with Crippen molar-refractivity contribution in [1.82, 2.24) is 9.88 Å². The van der Waals surface area contributed by atoms with E-state index in [1.54, 1.807) is 6.20 Å². The molecule has 1 aromatic heterocycles. The molecule has 1 fully saturated rings. The van der Waals surface area contributed by atoms with Crippen LogP contribution in [0.15, 0.2) is 30.5 Å². The summed E-state index contributed by atoms with van der Waals surface area (Å²) < 4.78 is 5.35. The molecule has 94 valence electrons. The largest absolute Gasteiger partial charge is 0.379 e. The average Bonchev–Trinajstić information content (AvgIpc) is 2.40. The summed E-state index contributed by atoms with van der Waals surface area (Å²) in [6.07, 6.45) is 1.80. The Labute approximate surface area is 111 Å². The fraction of sp³-hybridized carbons (Fsp3) is 0.357. The van der Waals surface area contributed by atoms with E-state index in [2.05, 4.69) is 16.0 Å². The van der Waals surface area contributed by atoms with Crippen LogP contribution in [0.5, 0.6) is 0 Å². The van der Waals surface area contributed by atoms with Gasteiger partial charge in [-0.25, -0.2) is 0 Å². The van der Waals surface area contributed by atoms with Gasteiger partial charge >= 0.3 is 0 Å². The van der Waals surface area contributed by atoms with Gasteiger partial charge in [-0.1, -0.05) is 11.6 Å². The molecule has 3 nitrogen and oxygen atoms in total. The summed E-state index contributed by atoms with van der Waals surface area (Å²) in [6, 6.07) is 8.08. The number of nitrogens with zero attached hydrogens (tertiary/aromatic N) is 2. The number of rotatable bonds is 2. The molecule has 1 aliphatic heterocycles. The quantitative estimate of drug-likeness (QED) is 0.832. The number of morpholine rings is 1. The second-order valence-corrected chi connectivity index (χ2v) is 4.94. The van der Waals surface area contributed by atoms with Crippen LogP contribution in [0.4, 0.5) is 0 Å². The van der Waals surface area contributed by atoms with Crippen molar-refractivity contribution < 1.29 is 4.74 Å². The summed E-state index contributed by atoms with van der Waals surface area (Å²) in [5.74, 6) is 0. The Balaban J connectivity index is 1.87. The Morgan fingerprint density at radius 2 is 2.11 bits per heavy atom. The second kappa shape index (κ2) is 5.22. The maximum absolute atomic E-state index is 6.30. The minimum Gasteiger partial charge on any atom is -0.379 e. The van der Waals surface area contributed by atoms with Crippen LogP contribution in [-0.2, 0) is 11.3 Å². The molecule has 3 rings (SSSR count). The van der Waals surface area contributed by atoms with E-state index in [4.69, 9.17) is 16.3 Å². The zero-order chi connectivity index (χ0) is 12.4. The lowest BCUT2D eigenvalue weighted by Gasteiger charge is -2.26. The third kappa shape index (κ3) is 2.48. The lowest BCUT2D eigenvalue weighted by molar-refractivity contribution is 0.0342. The first-order valence-electron chi connectivity index (χ1n) is 6.16. The number of ether oxygens (including phenoxy) is 1. The summed E-state index contributed by atoms with van der Waals surface area (Å²) in [4.78, 5) is 6.75. The zero-order valence-corrected chi connectivity index (χ0v) is 10.9. The minimum atomic E-state index is 0.781. The number of pyridine rings is 1. The van der Waals surface area contributed by atoms with Crippen LogP contribution in [0, 0.1) is 0 Å². The van der Waals surface area contributed by atoms with Gasteiger partial charge in [-0.15, -0.1) is 0 Å². The van der Waals surface area contributed by atoms with Crippen molar-refractivity contribution in [2.24, 2.45) is 0 Å². The van der Waals surface area contributed by atoms with Crippen molar-refractivity contribution in [3.63, 3.8) is 0 Å². The minimum absolute atomic E-state index is 0.781. The highest BCUT2D eigenvalue weighted by Gasteiger charge is 2.12. The van der Waals surface area contributed by atoms with Gasteiger partial charge in [0.15, 0.2) is 0 Å². The van der Waals surface area contributed by atoms with Crippen molar-refractivity contribution in [2.75, 3.05) is 26.3 Å². The summed E-state index contributed by atoms with van der Waals surface area (Å²) in [5.41, 5.74) is 2.18. The fourth-order valence-corrected chi connectivity index (χ4v) is 2.60. The van der Waals surface area contributed by atoms with E-state index in [0.717, 1.165) is 48.8 Å². The maximum atomic E-state index is 6.30. The molecule has 0 aliphatic carbocycles. The van der Waals surface area contributed by atoms with E-state index in [1.165, 1.54) is 5.56 Å². The predicted octanol–water partition coefficient (Wildman–Crippen LogP) is 2.72. The number of benzene rings is 1. The van der Waals surface area contributed by atoms with Gasteiger partial charge in [-0.05, 0) is 29.8 Å². The molecule has 2 heterocycles. The standard InChI is InChI=1S/C14H15ClN2O/c15-13-8-11(10-17-4-6-18-7-5-17)9-14-12(13)2-1-3-16-14/h1-3,8-9H,4-7,10H2. The Hall–Kier alpha value is -1.16. The number of hydrogen-bond donors (Lipinski definition) is 0.